The van der Waals surface area contributed by atoms with Gasteiger partial charge in [0.25, 0.3) is 0 Å². The van der Waals surface area contributed by atoms with E-state index >= 15 is 0 Å². The summed E-state index contributed by atoms with van der Waals surface area (Å²) in [5.41, 5.74) is -0.716. The molecule has 0 bridgehead atoms. The number of hydrogen-bond acceptors (Lipinski definition) is 10. The van der Waals surface area contributed by atoms with E-state index < -0.39 is 48.1 Å². The van der Waals surface area contributed by atoms with Crippen LogP contribution >= 0.6 is 12.2 Å². The minimum absolute atomic E-state index is 0.0976. The Bertz CT molecular complexity index is 819. The van der Waals surface area contributed by atoms with Gasteiger partial charge in [-0.15, -0.1) is 0 Å². The molecule has 142 valence electrons. The average Bonchev–Trinajstić information content (AvgIpc) is 2.50. The Labute approximate surface area is 152 Å². The van der Waals surface area contributed by atoms with Crippen molar-refractivity contribution >= 4 is 30.1 Å². The molecule has 2 heterocycles. The number of esters is 3. The van der Waals surface area contributed by atoms with Crippen LogP contribution in [0.5, 0.6) is 0 Å². The molecule has 2 rings (SSSR count). The maximum absolute atomic E-state index is 12.1. The number of nitrogens with one attached hydrogen (secondary N) is 1. The Morgan fingerprint density at radius 1 is 1.15 bits per heavy atom. The molecule has 1 fully saturated rings. The highest BCUT2D eigenvalue weighted by atomic mass is 32.1. The van der Waals surface area contributed by atoms with E-state index in [2.05, 4.69) is 10.1 Å². The third-order valence-corrected chi connectivity index (χ3v) is 3.51. The molecule has 1 aliphatic heterocycles. The summed E-state index contributed by atoms with van der Waals surface area (Å²) in [5.74, 6) is -2.06. The molecular formula is C14H17N3O8S. The van der Waals surface area contributed by atoms with E-state index in [1.54, 1.807) is 0 Å². The maximum atomic E-state index is 12.1. The van der Waals surface area contributed by atoms with E-state index in [1.165, 1.54) is 13.1 Å². The smallest absolute Gasteiger partial charge is 0.345 e. The van der Waals surface area contributed by atoms with Crippen molar-refractivity contribution in [2.75, 3.05) is 6.61 Å². The molecule has 11 nitrogen and oxygen atoms in total. The van der Waals surface area contributed by atoms with Gasteiger partial charge in [0.1, 0.15) is 4.64 Å². The Balaban J connectivity index is 2.46. The third-order valence-electron chi connectivity index (χ3n) is 3.30. The van der Waals surface area contributed by atoms with E-state index in [0.717, 1.165) is 18.5 Å². The standard InChI is InChI=1S/C14H17N3O8S/c1-6(18)23-9-5-22-13(17-14(21)16-10(26)4-15-17)12(25-8(3)20)11(9)24-7(2)19/h4,9,11-13H,5H2,1-3H3,(H,16,21,26)/t9-,11+,12+,13-/m0/s1. The van der Waals surface area contributed by atoms with Gasteiger partial charge < -0.3 is 18.9 Å². The second-order valence-electron chi connectivity index (χ2n) is 5.40. The molecule has 0 radical (unpaired) electrons. The predicted octanol–water partition coefficient (Wildman–Crippen LogP) is -0.375. The van der Waals surface area contributed by atoms with Gasteiger partial charge in [-0.25, -0.2) is 4.79 Å². The number of H-pyrrole nitrogens is 1. The van der Waals surface area contributed by atoms with Crippen LogP contribution in [0.1, 0.15) is 27.0 Å². The lowest BCUT2D eigenvalue weighted by Crippen LogP contribution is -2.57. The lowest BCUT2D eigenvalue weighted by Gasteiger charge is -2.40. The monoisotopic (exact) mass is 387 g/mol. The number of aromatic amines is 1. The summed E-state index contributed by atoms with van der Waals surface area (Å²) in [6.45, 7) is 3.22. The first-order valence-corrected chi connectivity index (χ1v) is 7.91. The molecule has 1 aliphatic rings. The van der Waals surface area contributed by atoms with Crippen molar-refractivity contribution in [2.45, 2.75) is 45.3 Å². The van der Waals surface area contributed by atoms with Crippen LogP contribution in [-0.4, -0.2) is 57.6 Å². The Morgan fingerprint density at radius 3 is 2.27 bits per heavy atom. The first-order valence-electron chi connectivity index (χ1n) is 7.50. The van der Waals surface area contributed by atoms with Crippen LogP contribution in [0.3, 0.4) is 0 Å². The fourth-order valence-corrected chi connectivity index (χ4v) is 2.61. The molecule has 0 aromatic carbocycles. The minimum atomic E-state index is -1.29. The summed E-state index contributed by atoms with van der Waals surface area (Å²) >= 11 is 4.82. The highest BCUT2D eigenvalue weighted by Crippen LogP contribution is 2.29. The van der Waals surface area contributed by atoms with E-state index in [4.69, 9.17) is 31.2 Å². The molecule has 12 heteroatoms. The minimum Gasteiger partial charge on any atom is -0.456 e. The molecular weight excluding hydrogens is 370 g/mol. The summed E-state index contributed by atoms with van der Waals surface area (Å²) in [5, 5.41) is 3.86. The summed E-state index contributed by atoms with van der Waals surface area (Å²) < 4.78 is 22.0. The van der Waals surface area contributed by atoms with Gasteiger partial charge in [0, 0.05) is 20.8 Å². The third kappa shape index (κ3) is 4.73. The van der Waals surface area contributed by atoms with Crippen molar-refractivity contribution < 1.29 is 33.3 Å². The van der Waals surface area contributed by atoms with Crippen LogP contribution in [0, 0.1) is 4.64 Å². The van der Waals surface area contributed by atoms with Gasteiger partial charge in [-0.05, 0) is 0 Å². The number of carbonyl (C=O) groups is 3. The number of ether oxygens (including phenoxy) is 4. The van der Waals surface area contributed by atoms with Crippen molar-refractivity contribution in [2.24, 2.45) is 0 Å². The molecule has 26 heavy (non-hydrogen) atoms. The number of rotatable bonds is 4. The lowest BCUT2D eigenvalue weighted by molar-refractivity contribution is -0.242. The van der Waals surface area contributed by atoms with Gasteiger partial charge >= 0.3 is 23.6 Å². The largest absolute Gasteiger partial charge is 0.456 e. The van der Waals surface area contributed by atoms with E-state index in [1.807, 2.05) is 0 Å². The normalized spacial score (nSPS) is 25.2. The zero-order valence-corrected chi connectivity index (χ0v) is 15.0. The number of carbonyl (C=O) groups excluding carboxylic acids is 3. The van der Waals surface area contributed by atoms with Crippen molar-refractivity contribution in [1.29, 1.82) is 0 Å². The van der Waals surface area contributed by atoms with Crippen LogP contribution in [-0.2, 0) is 33.3 Å². The molecule has 1 aromatic heterocycles. The SMILES string of the molecule is CC(=O)O[C@@H]1[C@H](OC(C)=O)[C@@H](OC(C)=O)CO[C@@H]1n1ncc(=S)[nH]c1=O. The molecule has 0 unspecified atom stereocenters. The van der Waals surface area contributed by atoms with Crippen molar-refractivity contribution in [3.63, 3.8) is 0 Å². The van der Waals surface area contributed by atoms with Gasteiger partial charge in [0.15, 0.2) is 24.5 Å². The van der Waals surface area contributed by atoms with Crippen LogP contribution in [0.25, 0.3) is 0 Å². The van der Waals surface area contributed by atoms with Gasteiger partial charge in [-0.3, -0.25) is 19.4 Å². The zero-order valence-electron chi connectivity index (χ0n) is 14.2. The van der Waals surface area contributed by atoms with Crippen molar-refractivity contribution in [3.05, 3.63) is 21.3 Å². The van der Waals surface area contributed by atoms with Crippen molar-refractivity contribution in [1.82, 2.24) is 14.8 Å². The molecule has 0 saturated carbocycles. The highest BCUT2D eigenvalue weighted by molar-refractivity contribution is 7.71. The summed E-state index contributed by atoms with van der Waals surface area (Å²) in [7, 11) is 0. The number of nitrogens with zero attached hydrogens (tertiary/aromatic N) is 2. The molecule has 1 aromatic rings. The topological polar surface area (TPSA) is 139 Å². The quantitative estimate of drug-likeness (QED) is 0.413. The molecule has 0 spiro atoms. The van der Waals surface area contributed by atoms with Gasteiger partial charge in [0.05, 0.1) is 12.8 Å². The molecule has 0 amide bonds. The number of hydrogen-bond donors (Lipinski definition) is 1. The second-order valence-corrected chi connectivity index (χ2v) is 5.84. The van der Waals surface area contributed by atoms with Crippen LogP contribution in [0.15, 0.2) is 11.0 Å². The van der Waals surface area contributed by atoms with E-state index in [-0.39, 0.29) is 11.2 Å². The zero-order chi connectivity index (χ0) is 19.4. The van der Waals surface area contributed by atoms with Gasteiger partial charge in [-0.2, -0.15) is 9.78 Å². The summed E-state index contributed by atoms with van der Waals surface area (Å²) in [6.07, 6.45) is -3.55. The second kappa shape index (κ2) is 8.19. The van der Waals surface area contributed by atoms with Crippen molar-refractivity contribution in [3.8, 4) is 0 Å². The summed E-state index contributed by atoms with van der Waals surface area (Å²) in [4.78, 5) is 48.8. The highest BCUT2D eigenvalue weighted by Gasteiger charge is 2.48. The molecule has 1 saturated heterocycles. The van der Waals surface area contributed by atoms with Crippen LogP contribution in [0.2, 0.25) is 0 Å². The Morgan fingerprint density at radius 2 is 1.73 bits per heavy atom. The first kappa shape index (κ1) is 19.7. The lowest BCUT2D eigenvalue weighted by atomic mass is 10.0. The number of aromatic nitrogens is 3. The summed E-state index contributed by atoms with van der Waals surface area (Å²) in [6, 6.07) is 0. The molecule has 0 aliphatic carbocycles. The molecule has 1 N–H and O–H groups in total. The predicted molar refractivity (Wildman–Crippen MR) is 85.3 cm³/mol. The fourth-order valence-electron chi connectivity index (χ4n) is 2.48. The van der Waals surface area contributed by atoms with Crippen LogP contribution < -0.4 is 5.69 Å². The fraction of sp³-hybridized carbons (Fsp3) is 0.571. The van der Waals surface area contributed by atoms with Gasteiger partial charge in [0.2, 0.25) is 0 Å². The average molecular weight is 387 g/mol. The van der Waals surface area contributed by atoms with Gasteiger partial charge in [-0.1, -0.05) is 12.2 Å². The molecule has 4 atom stereocenters. The Kier molecular flexibility index (Phi) is 6.21. The van der Waals surface area contributed by atoms with E-state index in [9.17, 15) is 19.2 Å². The first-order chi connectivity index (χ1) is 12.2. The maximum Gasteiger partial charge on any atom is 0.345 e. The van der Waals surface area contributed by atoms with Crippen LogP contribution in [0.4, 0.5) is 0 Å². The van der Waals surface area contributed by atoms with E-state index in [0.29, 0.717) is 0 Å². The Hall–Kier alpha value is -2.60.